The Morgan fingerprint density at radius 1 is 1.32 bits per heavy atom. The van der Waals surface area contributed by atoms with Gasteiger partial charge in [0.2, 0.25) is 0 Å². The average molecular weight is 436 g/mol. The van der Waals surface area contributed by atoms with Crippen LogP contribution < -0.4 is 4.74 Å². The zero-order chi connectivity index (χ0) is 17.2. The Morgan fingerprint density at radius 3 is 2.88 bits per heavy atom. The van der Waals surface area contributed by atoms with Crippen LogP contribution in [0.1, 0.15) is 35.1 Å². The van der Waals surface area contributed by atoms with E-state index >= 15 is 0 Å². The Balaban J connectivity index is 1.50. The standard InChI is InChI=1S/C18H18BrN3OS2/c1-23-16-7-4-12(9-15(16)19)11-25-18-21-20-17(22(18)13-5-6-13)10-14-3-2-8-24-14/h2-4,7-9,13H,5-6,10-11H2,1H3. The van der Waals surface area contributed by atoms with Gasteiger partial charge in [0, 0.05) is 23.1 Å². The highest BCUT2D eigenvalue weighted by molar-refractivity contribution is 9.10. The number of rotatable bonds is 7. The van der Waals surface area contributed by atoms with E-state index in [4.69, 9.17) is 4.74 Å². The predicted molar refractivity (Wildman–Crippen MR) is 106 cm³/mol. The van der Waals surface area contributed by atoms with E-state index in [-0.39, 0.29) is 0 Å². The fourth-order valence-corrected chi connectivity index (χ4v) is 5.00. The summed E-state index contributed by atoms with van der Waals surface area (Å²) in [6.45, 7) is 0. The van der Waals surface area contributed by atoms with E-state index in [9.17, 15) is 0 Å². The van der Waals surface area contributed by atoms with Crippen molar-refractivity contribution in [1.82, 2.24) is 14.8 Å². The van der Waals surface area contributed by atoms with Gasteiger partial charge in [-0.05, 0) is 57.9 Å². The zero-order valence-electron chi connectivity index (χ0n) is 13.8. The van der Waals surface area contributed by atoms with Crippen LogP contribution in [0.15, 0.2) is 45.3 Å². The lowest BCUT2D eigenvalue weighted by Gasteiger charge is -2.09. The summed E-state index contributed by atoms with van der Waals surface area (Å²) in [7, 11) is 1.68. The first-order chi connectivity index (χ1) is 12.2. The SMILES string of the molecule is COc1ccc(CSc2nnc(Cc3cccs3)n2C2CC2)cc1Br. The molecule has 4 rings (SSSR count). The number of nitrogens with zero attached hydrogens (tertiary/aromatic N) is 3. The van der Waals surface area contributed by atoms with Gasteiger partial charge < -0.3 is 9.30 Å². The quantitative estimate of drug-likeness (QED) is 0.470. The molecule has 1 aromatic carbocycles. The summed E-state index contributed by atoms with van der Waals surface area (Å²) in [5, 5.41) is 12.1. The molecule has 0 bridgehead atoms. The number of thiophene rings is 1. The number of aromatic nitrogens is 3. The Bertz CT molecular complexity index is 859. The van der Waals surface area contributed by atoms with Crippen LogP contribution in [0.4, 0.5) is 0 Å². The molecule has 0 aliphatic heterocycles. The second kappa shape index (κ2) is 7.51. The topological polar surface area (TPSA) is 39.9 Å². The lowest BCUT2D eigenvalue weighted by Crippen LogP contribution is -2.03. The third-order valence-electron chi connectivity index (χ3n) is 4.14. The summed E-state index contributed by atoms with van der Waals surface area (Å²) >= 11 is 7.09. The Hall–Kier alpha value is -1.31. The molecule has 3 aromatic rings. The minimum Gasteiger partial charge on any atom is -0.496 e. The molecule has 1 aliphatic carbocycles. The smallest absolute Gasteiger partial charge is 0.191 e. The summed E-state index contributed by atoms with van der Waals surface area (Å²) in [5.41, 5.74) is 1.24. The second-order valence-electron chi connectivity index (χ2n) is 6.01. The Morgan fingerprint density at radius 2 is 2.20 bits per heavy atom. The lowest BCUT2D eigenvalue weighted by molar-refractivity contribution is 0.412. The van der Waals surface area contributed by atoms with Gasteiger partial charge in [-0.15, -0.1) is 21.5 Å². The Kier molecular flexibility index (Phi) is 5.15. The number of benzene rings is 1. The van der Waals surface area contributed by atoms with Gasteiger partial charge in [-0.25, -0.2) is 0 Å². The van der Waals surface area contributed by atoms with Crippen molar-refractivity contribution in [2.45, 2.75) is 36.2 Å². The molecule has 2 aromatic heterocycles. The third-order valence-corrected chi connectivity index (χ3v) is 6.65. The molecule has 0 radical (unpaired) electrons. The van der Waals surface area contributed by atoms with Crippen LogP contribution in [0, 0.1) is 0 Å². The molecule has 0 unspecified atom stereocenters. The van der Waals surface area contributed by atoms with Crippen molar-refractivity contribution in [3.63, 3.8) is 0 Å². The number of ether oxygens (including phenoxy) is 1. The van der Waals surface area contributed by atoms with Crippen LogP contribution >= 0.6 is 39.0 Å². The molecular weight excluding hydrogens is 418 g/mol. The van der Waals surface area contributed by atoms with Crippen molar-refractivity contribution >= 4 is 39.0 Å². The van der Waals surface area contributed by atoms with Gasteiger partial charge in [-0.3, -0.25) is 0 Å². The van der Waals surface area contributed by atoms with Gasteiger partial charge in [0.05, 0.1) is 11.6 Å². The largest absolute Gasteiger partial charge is 0.496 e. The normalized spacial score (nSPS) is 14.0. The number of methoxy groups -OCH3 is 1. The molecule has 2 heterocycles. The summed E-state index contributed by atoms with van der Waals surface area (Å²) in [6.07, 6.45) is 3.34. The minimum atomic E-state index is 0.579. The van der Waals surface area contributed by atoms with Crippen molar-refractivity contribution in [2.75, 3.05) is 7.11 Å². The van der Waals surface area contributed by atoms with Crippen LogP contribution in [0.2, 0.25) is 0 Å². The van der Waals surface area contributed by atoms with E-state index in [0.29, 0.717) is 6.04 Å². The van der Waals surface area contributed by atoms with Gasteiger partial charge in [-0.1, -0.05) is 23.9 Å². The average Bonchev–Trinajstić information content (AvgIpc) is 3.16. The number of hydrogen-bond donors (Lipinski definition) is 0. The molecule has 7 heteroatoms. The molecule has 1 fully saturated rings. The fraction of sp³-hybridized carbons (Fsp3) is 0.333. The van der Waals surface area contributed by atoms with Gasteiger partial charge in [-0.2, -0.15) is 0 Å². The van der Waals surface area contributed by atoms with Crippen LogP contribution in [0.5, 0.6) is 5.75 Å². The number of thioether (sulfide) groups is 1. The van der Waals surface area contributed by atoms with E-state index < -0.39 is 0 Å². The first-order valence-electron chi connectivity index (χ1n) is 8.16. The highest BCUT2D eigenvalue weighted by atomic mass is 79.9. The molecule has 0 N–H and O–H groups in total. The summed E-state index contributed by atoms with van der Waals surface area (Å²) in [4.78, 5) is 1.34. The van der Waals surface area contributed by atoms with E-state index in [2.05, 4.69) is 60.3 Å². The van der Waals surface area contributed by atoms with Crippen LogP contribution in [-0.4, -0.2) is 21.9 Å². The second-order valence-corrected chi connectivity index (χ2v) is 8.84. The van der Waals surface area contributed by atoms with Crippen molar-refractivity contribution in [3.8, 4) is 5.75 Å². The number of halogens is 1. The predicted octanol–water partition coefficient (Wildman–Crippen LogP) is 5.33. The Labute approximate surface area is 163 Å². The van der Waals surface area contributed by atoms with E-state index in [0.717, 1.165) is 33.4 Å². The van der Waals surface area contributed by atoms with Gasteiger partial charge in [0.1, 0.15) is 11.6 Å². The summed E-state index contributed by atoms with van der Waals surface area (Å²) in [5.74, 6) is 2.81. The highest BCUT2D eigenvalue weighted by Gasteiger charge is 2.29. The highest BCUT2D eigenvalue weighted by Crippen LogP contribution is 2.40. The molecule has 0 spiro atoms. The van der Waals surface area contributed by atoms with E-state index in [1.165, 1.54) is 23.3 Å². The maximum Gasteiger partial charge on any atom is 0.191 e. The molecule has 25 heavy (non-hydrogen) atoms. The van der Waals surface area contributed by atoms with Crippen LogP contribution in [-0.2, 0) is 12.2 Å². The molecule has 4 nitrogen and oxygen atoms in total. The third kappa shape index (κ3) is 3.93. The molecule has 1 aliphatic rings. The minimum absolute atomic E-state index is 0.579. The van der Waals surface area contributed by atoms with Crippen molar-refractivity contribution < 1.29 is 4.74 Å². The maximum atomic E-state index is 5.30. The fourth-order valence-electron chi connectivity index (χ4n) is 2.74. The van der Waals surface area contributed by atoms with E-state index in [1.807, 2.05) is 6.07 Å². The first kappa shape index (κ1) is 17.1. The summed E-state index contributed by atoms with van der Waals surface area (Å²) < 4.78 is 8.63. The molecular formula is C18H18BrN3OS2. The first-order valence-corrected chi connectivity index (χ1v) is 10.8. The monoisotopic (exact) mass is 435 g/mol. The van der Waals surface area contributed by atoms with Crippen molar-refractivity contribution in [2.24, 2.45) is 0 Å². The maximum absolute atomic E-state index is 5.30. The van der Waals surface area contributed by atoms with Gasteiger partial charge >= 0.3 is 0 Å². The van der Waals surface area contributed by atoms with Gasteiger partial charge in [0.15, 0.2) is 5.16 Å². The molecule has 0 atom stereocenters. The van der Waals surface area contributed by atoms with E-state index in [1.54, 1.807) is 30.2 Å². The zero-order valence-corrected chi connectivity index (χ0v) is 17.0. The number of hydrogen-bond acceptors (Lipinski definition) is 5. The molecule has 0 amide bonds. The molecule has 130 valence electrons. The lowest BCUT2D eigenvalue weighted by atomic mass is 10.2. The molecule has 1 saturated carbocycles. The summed E-state index contributed by atoms with van der Waals surface area (Å²) in [6, 6.07) is 11.0. The van der Waals surface area contributed by atoms with Crippen LogP contribution in [0.25, 0.3) is 0 Å². The molecule has 0 saturated heterocycles. The van der Waals surface area contributed by atoms with Gasteiger partial charge in [0.25, 0.3) is 0 Å². The van der Waals surface area contributed by atoms with Crippen molar-refractivity contribution in [3.05, 3.63) is 56.4 Å². The van der Waals surface area contributed by atoms with Crippen molar-refractivity contribution in [1.29, 1.82) is 0 Å². The van der Waals surface area contributed by atoms with Crippen LogP contribution in [0.3, 0.4) is 0 Å².